The van der Waals surface area contributed by atoms with Gasteiger partial charge in [0.05, 0.1) is 0 Å². The minimum absolute atomic E-state index is 0.0364. The maximum Gasteiger partial charge on any atom is 0.513 e. The highest BCUT2D eigenvalue weighted by atomic mass is 16.7. The summed E-state index contributed by atoms with van der Waals surface area (Å²) >= 11 is 0. The molecule has 0 bridgehead atoms. The van der Waals surface area contributed by atoms with Crippen molar-refractivity contribution >= 4 is 29.2 Å². The standard InChI is InChI=1S/C25H21N5O5/c26-14-29-30-24(27)15-6-8-18-20(12-15)22(31)19-9-7-16(13-21(19)23(18)32)28-10-11-34-25(33)35-17-4-2-1-3-5-17/h1-9,12-13,27-28H,10-11,14,26H2. The summed E-state index contributed by atoms with van der Waals surface area (Å²) in [5.74, 6) is -0.396. The maximum absolute atomic E-state index is 13.1. The van der Waals surface area contributed by atoms with Crippen molar-refractivity contribution in [2.75, 3.05) is 25.1 Å². The second-order valence-electron chi connectivity index (χ2n) is 7.39. The molecule has 4 N–H and O–H groups in total. The summed E-state index contributed by atoms with van der Waals surface area (Å²) in [6.45, 7) is 0.247. The lowest BCUT2D eigenvalue weighted by Gasteiger charge is -2.19. The first-order chi connectivity index (χ1) is 17.0. The van der Waals surface area contributed by atoms with Crippen molar-refractivity contribution in [1.82, 2.24) is 0 Å². The molecule has 176 valence electrons. The van der Waals surface area contributed by atoms with Gasteiger partial charge in [-0.25, -0.2) is 4.79 Å². The molecule has 0 heterocycles. The van der Waals surface area contributed by atoms with Crippen molar-refractivity contribution in [3.8, 4) is 5.75 Å². The Hall–Kier alpha value is -4.70. The normalized spacial score (nSPS) is 12.1. The third-order valence-electron chi connectivity index (χ3n) is 5.14. The smallest absolute Gasteiger partial charge is 0.432 e. The molecule has 0 spiro atoms. The molecule has 10 heteroatoms. The molecule has 10 nitrogen and oxygen atoms in total. The van der Waals surface area contributed by atoms with Gasteiger partial charge < -0.3 is 20.5 Å². The van der Waals surface area contributed by atoms with Crippen LogP contribution in [-0.2, 0) is 4.74 Å². The molecule has 0 aliphatic heterocycles. The fraction of sp³-hybridized carbons (Fsp3) is 0.120. The summed E-state index contributed by atoms with van der Waals surface area (Å²) in [6.07, 6.45) is -0.822. The lowest BCUT2D eigenvalue weighted by atomic mass is 9.83. The van der Waals surface area contributed by atoms with E-state index in [-0.39, 0.29) is 59.5 Å². The summed E-state index contributed by atoms with van der Waals surface area (Å²) in [5.41, 5.74) is 7.20. The fourth-order valence-corrected chi connectivity index (χ4v) is 3.52. The van der Waals surface area contributed by atoms with Gasteiger partial charge in [0.15, 0.2) is 17.4 Å². The van der Waals surface area contributed by atoms with Crippen LogP contribution in [0.25, 0.3) is 0 Å². The van der Waals surface area contributed by atoms with Crippen LogP contribution in [0.15, 0.2) is 77.0 Å². The monoisotopic (exact) mass is 471 g/mol. The minimum Gasteiger partial charge on any atom is -0.432 e. The number of anilines is 1. The molecule has 3 aromatic carbocycles. The zero-order chi connectivity index (χ0) is 24.8. The Bertz CT molecular complexity index is 1340. The zero-order valence-corrected chi connectivity index (χ0v) is 18.5. The molecule has 4 rings (SSSR count). The minimum atomic E-state index is -0.822. The van der Waals surface area contributed by atoms with Gasteiger partial charge in [-0.15, -0.1) is 5.11 Å². The molecule has 0 saturated heterocycles. The van der Waals surface area contributed by atoms with Crippen LogP contribution >= 0.6 is 0 Å². The lowest BCUT2D eigenvalue weighted by Crippen LogP contribution is -2.22. The van der Waals surface area contributed by atoms with Gasteiger partial charge >= 0.3 is 6.16 Å². The number of nitrogens with zero attached hydrogens (tertiary/aromatic N) is 2. The fourth-order valence-electron chi connectivity index (χ4n) is 3.52. The molecule has 1 aliphatic carbocycles. The van der Waals surface area contributed by atoms with E-state index in [1.54, 1.807) is 54.6 Å². The van der Waals surface area contributed by atoms with E-state index < -0.39 is 6.16 Å². The molecule has 0 unspecified atom stereocenters. The highest BCUT2D eigenvalue weighted by molar-refractivity contribution is 6.29. The number of para-hydroxylation sites is 1. The first kappa shape index (κ1) is 23.5. The predicted octanol–water partition coefficient (Wildman–Crippen LogP) is 3.78. The van der Waals surface area contributed by atoms with Crippen LogP contribution in [0, 0.1) is 5.41 Å². The van der Waals surface area contributed by atoms with Crippen molar-refractivity contribution in [3.63, 3.8) is 0 Å². The van der Waals surface area contributed by atoms with Crippen molar-refractivity contribution in [2.24, 2.45) is 16.0 Å². The lowest BCUT2D eigenvalue weighted by molar-refractivity contribution is 0.0979. The van der Waals surface area contributed by atoms with E-state index >= 15 is 0 Å². The topological polar surface area (TPSA) is 156 Å². The Labute approximate surface area is 200 Å². The second-order valence-corrected chi connectivity index (χ2v) is 7.39. The summed E-state index contributed by atoms with van der Waals surface area (Å²) < 4.78 is 10.1. The van der Waals surface area contributed by atoms with Gasteiger partial charge in [-0.05, 0) is 42.5 Å². The number of amidine groups is 1. The third-order valence-corrected chi connectivity index (χ3v) is 5.14. The van der Waals surface area contributed by atoms with Crippen LogP contribution < -0.4 is 15.8 Å². The number of nitrogens with one attached hydrogen (secondary N) is 2. The summed E-state index contributed by atoms with van der Waals surface area (Å²) in [7, 11) is 0. The molecular weight excluding hydrogens is 450 g/mol. The zero-order valence-electron chi connectivity index (χ0n) is 18.5. The first-order valence-electron chi connectivity index (χ1n) is 10.7. The summed E-state index contributed by atoms with van der Waals surface area (Å²) in [4.78, 5) is 37.9. The highest BCUT2D eigenvalue weighted by Crippen LogP contribution is 2.30. The Kier molecular flexibility index (Phi) is 7.03. The number of carbonyl (C=O) groups is 3. The molecule has 0 saturated carbocycles. The SMILES string of the molecule is N=C(N=NCN)c1ccc2c(c1)C(=O)c1ccc(NCCOC(=O)Oc3ccccc3)cc1C2=O. The Morgan fingerprint density at radius 3 is 2.31 bits per heavy atom. The van der Waals surface area contributed by atoms with Gasteiger partial charge in [-0.3, -0.25) is 15.0 Å². The van der Waals surface area contributed by atoms with Gasteiger partial charge in [-0.2, -0.15) is 5.11 Å². The quantitative estimate of drug-likeness (QED) is 0.0924. The molecule has 0 aromatic heterocycles. The van der Waals surface area contributed by atoms with Crippen LogP contribution in [0.1, 0.15) is 37.4 Å². The van der Waals surface area contributed by atoms with Gasteiger partial charge in [0, 0.05) is 40.0 Å². The Morgan fingerprint density at radius 1 is 0.914 bits per heavy atom. The van der Waals surface area contributed by atoms with Crippen LogP contribution in [0.4, 0.5) is 10.5 Å². The van der Waals surface area contributed by atoms with E-state index in [0.717, 1.165) is 0 Å². The van der Waals surface area contributed by atoms with Crippen molar-refractivity contribution in [3.05, 3.63) is 94.5 Å². The second kappa shape index (κ2) is 10.5. The molecule has 0 atom stereocenters. The number of nitrogens with two attached hydrogens (primary N) is 1. The van der Waals surface area contributed by atoms with Crippen molar-refractivity contribution in [2.45, 2.75) is 0 Å². The summed E-state index contributed by atoms with van der Waals surface area (Å²) in [5, 5.41) is 18.3. The van der Waals surface area contributed by atoms with Crippen molar-refractivity contribution < 1.29 is 23.9 Å². The van der Waals surface area contributed by atoms with Gasteiger partial charge in [0.2, 0.25) is 0 Å². The van der Waals surface area contributed by atoms with Crippen LogP contribution in [-0.4, -0.2) is 43.4 Å². The third kappa shape index (κ3) is 5.28. The highest BCUT2D eigenvalue weighted by Gasteiger charge is 2.30. The molecule has 0 amide bonds. The first-order valence-corrected chi connectivity index (χ1v) is 10.7. The largest absolute Gasteiger partial charge is 0.513 e. The molecule has 0 fully saturated rings. The average molecular weight is 471 g/mol. The number of fused-ring (bicyclic) bond motifs is 2. The summed E-state index contributed by atoms with van der Waals surface area (Å²) in [6, 6.07) is 17.9. The number of rotatable bonds is 7. The number of carbonyl (C=O) groups excluding carboxylic acids is 3. The van der Waals surface area contributed by atoms with E-state index in [1.807, 2.05) is 0 Å². The maximum atomic E-state index is 13.1. The van der Waals surface area contributed by atoms with E-state index in [4.69, 9.17) is 20.6 Å². The van der Waals surface area contributed by atoms with E-state index in [0.29, 0.717) is 17.0 Å². The van der Waals surface area contributed by atoms with E-state index in [9.17, 15) is 14.4 Å². The van der Waals surface area contributed by atoms with Crippen molar-refractivity contribution in [1.29, 1.82) is 5.41 Å². The van der Waals surface area contributed by atoms with Gasteiger partial charge in [0.1, 0.15) is 19.0 Å². The number of hydrogen-bond donors (Lipinski definition) is 3. The number of hydrogen-bond acceptors (Lipinski definition) is 9. The number of azo groups is 1. The van der Waals surface area contributed by atoms with Gasteiger partial charge in [-0.1, -0.05) is 24.3 Å². The van der Waals surface area contributed by atoms with E-state index in [2.05, 4.69) is 15.5 Å². The molecular formula is C25H21N5O5. The average Bonchev–Trinajstić information content (AvgIpc) is 2.88. The number of benzene rings is 3. The van der Waals surface area contributed by atoms with Crippen LogP contribution in [0.3, 0.4) is 0 Å². The van der Waals surface area contributed by atoms with Gasteiger partial charge in [0.25, 0.3) is 0 Å². The predicted molar refractivity (Wildman–Crippen MR) is 127 cm³/mol. The number of ether oxygens (including phenoxy) is 2. The van der Waals surface area contributed by atoms with Crippen LogP contribution in [0.5, 0.6) is 5.75 Å². The van der Waals surface area contributed by atoms with E-state index in [1.165, 1.54) is 12.1 Å². The molecule has 1 aliphatic rings. The molecule has 35 heavy (non-hydrogen) atoms. The number of ketones is 2. The molecule has 0 radical (unpaired) electrons. The molecule has 3 aromatic rings. The Balaban J connectivity index is 1.40. The Morgan fingerprint density at radius 2 is 1.60 bits per heavy atom. The van der Waals surface area contributed by atoms with Crippen LogP contribution in [0.2, 0.25) is 0 Å².